The maximum absolute atomic E-state index is 11.7. The Morgan fingerprint density at radius 2 is 1.81 bits per heavy atom. The van der Waals surface area contributed by atoms with Crippen LogP contribution in [-0.4, -0.2) is 18.5 Å². The Labute approximate surface area is 127 Å². The fraction of sp³-hybridized carbons (Fsp3) is 0.611. The molecular formula is C18H26N2O. The third kappa shape index (κ3) is 3.39. The standard InChI is InChI=1S/C18H26N2O/c1-18(2)11-9-15(10-12-18)19-14-5-7-16(8-6-14)20-13-3-4-17(20)21/h5-8,15,19H,3-4,9-13H2,1-2H3. The molecule has 0 bridgehead atoms. The smallest absolute Gasteiger partial charge is 0.227 e. The molecule has 1 N–H and O–H groups in total. The lowest BCUT2D eigenvalue weighted by atomic mass is 9.75. The predicted molar refractivity (Wildman–Crippen MR) is 87.7 cm³/mol. The lowest BCUT2D eigenvalue weighted by Gasteiger charge is -2.35. The third-order valence-electron chi connectivity index (χ3n) is 4.96. The van der Waals surface area contributed by atoms with E-state index in [0.29, 0.717) is 17.9 Å². The van der Waals surface area contributed by atoms with Crippen molar-refractivity contribution in [2.45, 2.75) is 58.4 Å². The topological polar surface area (TPSA) is 32.3 Å². The maximum atomic E-state index is 11.7. The molecule has 0 atom stereocenters. The summed E-state index contributed by atoms with van der Waals surface area (Å²) in [6.07, 6.45) is 6.77. The normalized spacial score (nSPS) is 22.6. The fourth-order valence-electron chi connectivity index (χ4n) is 3.44. The molecule has 1 aliphatic carbocycles. The van der Waals surface area contributed by atoms with E-state index in [0.717, 1.165) is 18.7 Å². The maximum Gasteiger partial charge on any atom is 0.227 e. The van der Waals surface area contributed by atoms with E-state index >= 15 is 0 Å². The molecule has 114 valence electrons. The first kappa shape index (κ1) is 14.4. The van der Waals surface area contributed by atoms with Gasteiger partial charge < -0.3 is 10.2 Å². The molecule has 3 heteroatoms. The molecule has 1 amide bonds. The Bertz CT molecular complexity index is 496. The van der Waals surface area contributed by atoms with E-state index in [2.05, 4.69) is 43.4 Å². The second kappa shape index (κ2) is 5.70. The predicted octanol–water partition coefficient (Wildman–Crippen LogP) is 4.19. The van der Waals surface area contributed by atoms with E-state index in [1.165, 1.54) is 31.4 Å². The van der Waals surface area contributed by atoms with Gasteiger partial charge in [0.05, 0.1) is 0 Å². The monoisotopic (exact) mass is 286 g/mol. The van der Waals surface area contributed by atoms with Gasteiger partial charge >= 0.3 is 0 Å². The zero-order valence-electron chi connectivity index (χ0n) is 13.2. The largest absolute Gasteiger partial charge is 0.382 e. The summed E-state index contributed by atoms with van der Waals surface area (Å²) in [5.41, 5.74) is 2.72. The van der Waals surface area contributed by atoms with E-state index in [1.807, 2.05) is 4.90 Å². The van der Waals surface area contributed by atoms with Crippen LogP contribution in [0, 0.1) is 5.41 Å². The van der Waals surface area contributed by atoms with Gasteiger partial charge in [0, 0.05) is 30.4 Å². The third-order valence-corrected chi connectivity index (χ3v) is 4.96. The minimum absolute atomic E-state index is 0.255. The van der Waals surface area contributed by atoms with Crippen LogP contribution in [0.15, 0.2) is 24.3 Å². The van der Waals surface area contributed by atoms with E-state index in [1.54, 1.807) is 0 Å². The van der Waals surface area contributed by atoms with Gasteiger partial charge in [-0.3, -0.25) is 4.79 Å². The van der Waals surface area contributed by atoms with Crippen molar-refractivity contribution in [2.75, 3.05) is 16.8 Å². The van der Waals surface area contributed by atoms with Crippen LogP contribution >= 0.6 is 0 Å². The molecule has 1 aromatic carbocycles. The molecular weight excluding hydrogens is 260 g/mol. The number of carbonyl (C=O) groups excluding carboxylic acids is 1. The van der Waals surface area contributed by atoms with Crippen molar-refractivity contribution < 1.29 is 4.79 Å². The summed E-state index contributed by atoms with van der Waals surface area (Å²) in [7, 11) is 0. The van der Waals surface area contributed by atoms with Crippen molar-refractivity contribution in [2.24, 2.45) is 5.41 Å². The Hall–Kier alpha value is -1.51. The van der Waals surface area contributed by atoms with Crippen LogP contribution in [0.25, 0.3) is 0 Å². The van der Waals surface area contributed by atoms with Gasteiger partial charge in [0.1, 0.15) is 0 Å². The lowest BCUT2D eigenvalue weighted by Crippen LogP contribution is -2.29. The molecule has 0 aromatic heterocycles. The first-order chi connectivity index (χ1) is 10.0. The highest BCUT2D eigenvalue weighted by molar-refractivity contribution is 5.95. The summed E-state index contributed by atoms with van der Waals surface area (Å²) in [6, 6.07) is 8.95. The Kier molecular flexibility index (Phi) is 3.92. The number of amides is 1. The molecule has 21 heavy (non-hydrogen) atoms. The van der Waals surface area contributed by atoms with E-state index in [-0.39, 0.29) is 5.91 Å². The van der Waals surface area contributed by atoms with Crippen LogP contribution in [0.2, 0.25) is 0 Å². The van der Waals surface area contributed by atoms with Gasteiger partial charge in [-0.05, 0) is 61.8 Å². The van der Waals surface area contributed by atoms with Gasteiger partial charge in [0.15, 0.2) is 0 Å². The Morgan fingerprint density at radius 3 is 2.38 bits per heavy atom. The number of nitrogens with one attached hydrogen (secondary N) is 1. The van der Waals surface area contributed by atoms with Crippen molar-refractivity contribution in [3.8, 4) is 0 Å². The number of benzene rings is 1. The van der Waals surface area contributed by atoms with Gasteiger partial charge in [0.2, 0.25) is 5.91 Å². The second-order valence-electron chi connectivity index (χ2n) is 7.28. The molecule has 1 saturated heterocycles. The average Bonchev–Trinajstić information content (AvgIpc) is 2.88. The highest BCUT2D eigenvalue weighted by Crippen LogP contribution is 2.36. The number of carbonyl (C=O) groups is 1. The zero-order chi connectivity index (χ0) is 14.9. The van der Waals surface area contributed by atoms with E-state index < -0.39 is 0 Å². The van der Waals surface area contributed by atoms with E-state index in [9.17, 15) is 4.79 Å². The molecule has 1 heterocycles. The first-order valence-electron chi connectivity index (χ1n) is 8.20. The van der Waals surface area contributed by atoms with Crippen LogP contribution in [-0.2, 0) is 4.79 Å². The molecule has 0 unspecified atom stereocenters. The number of rotatable bonds is 3. The first-order valence-corrected chi connectivity index (χ1v) is 8.20. The van der Waals surface area contributed by atoms with Crippen molar-refractivity contribution >= 4 is 17.3 Å². The van der Waals surface area contributed by atoms with Gasteiger partial charge in [0.25, 0.3) is 0 Å². The molecule has 0 radical (unpaired) electrons. The number of nitrogens with zero attached hydrogens (tertiary/aromatic N) is 1. The minimum atomic E-state index is 0.255. The molecule has 1 aliphatic heterocycles. The van der Waals surface area contributed by atoms with Crippen LogP contribution in [0.1, 0.15) is 52.4 Å². The van der Waals surface area contributed by atoms with Crippen molar-refractivity contribution in [1.82, 2.24) is 0 Å². The summed E-state index contributed by atoms with van der Waals surface area (Å²) in [5, 5.41) is 3.64. The van der Waals surface area contributed by atoms with Crippen LogP contribution in [0.5, 0.6) is 0 Å². The molecule has 1 aromatic rings. The average molecular weight is 286 g/mol. The summed E-state index contributed by atoms with van der Waals surface area (Å²) in [4.78, 5) is 13.6. The molecule has 2 fully saturated rings. The highest BCUT2D eigenvalue weighted by atomic mass is 16.2. The quantitative estimate of drug-likeness (QED) is 0.903. The van der Waals surface area contributed by atoms with E-state index in [4.69, 9.17) is 0 Å². The molecule has 3 nitrogen and oxygen atoms in total. The number of hydrogen-bond donors (Lipinski definition) is 1. The van der Waals surface area contributed by atoms with Crippen LogP contribution in [0.3, 0.4) is 0 Å². The molecule has 2 aliphatic rings. The Balaban J connectivity index is 1.59. The summed E-state index contributed by atoms with van der Waals surface area (Å²) in [6.45, 7) is 5.60. The van der Waals surface area contributed by atoms with Crippen molar-refractivity contribution in [1.29, 1.82) is 0 Å². The van der Waals surface area contributed by atoms with Gasteiger partial charge in [-0.15, -0.1) is 0 Å². The summed E-state index contributed by atoms with van der Waals surface area (Å²) in [5.74, 6) is 0.255. The van der Waals surface area contributed by atoms with Crippen LogP contribution < -0.4 is 10.2 Å². The van der Waals surface area contributed by atoms with Gasteiger partial charge in [-0.25, -0.2) is 0 Å². The number of hydrogen-bond acceptors (Lipinski definition) is 2. The molecule has 1 saturated carbocycles. The minimum Gasteiger partial charge on any atom is -0.382 e. The SMILES string of the molecule is CC1(C)CCC(Nc2ccc(N3CCCC3=O)cc2)CC1. The second-order valence-corrected chi connectivity index (χ2v) is 7.28. The van der Waals surface area contributed by atoms with Crippen molar-refractivity contribution in [3.63, 3.8) is 0 Å². The van der Waals surface area contributed by atoms with Crippen LogP contribution in [0.4, 0.5) is 11.4 Å². The summed E-state index contributed by atoms with van der Waals surface area (Å²) < 4.78 is 0. The fourth-order valence-corrected chi connectivity index (χ4v) is 3.44. The lowest BCUT2D eigenvalue weighted by molar-refractivity contribution is -0.117. The highest BCUT2D eigenvalue weighted by Gasteiger charge is 2.26. The Morgan fingerprint density at radius 1 is 1.14 bits per heavy atom. The summed E-state index contributed by atoms with van der Waals surface area (Å²) >= 11 is 0. The number of anilines is 2. The molecule has 3 rings (SSSR count). The molecule has 0 spiro atoms. The van der Waals surface area contributed by atoms with Crippen molar-refractivity contribution in [3.05, 3.63) is 24.3 Å². The van der Waals surface area contributed by atoms with Gasteiger partial charge in [-0.1, -0.05) is 13.8 Å². The zero-order valence-corrected chi connectivity index (χ0v) is 13.2. The van der Waals surface area contributed by atoms with Gasteiger partial charge in [-0.2, -0.15) is 0 Å².